The van der Waals surface area contributed by atoms with Gasteiger partial charge in [-0.1, -0.05) is 0 Å². The Labute approximate surface area is 85.6 Å². The minimum Gasteiger partial charge on any atom is -0.378 e. The van der Waals surface area contributed by atoms with Gasteiger partial charge in [0.15, 0.2) is 0 Å². The summed E-state index contributed by atoms with van der Waals surface area (Å²) in [5.74, 6) is -0.0132. The number of rotatable bonds is 9. The SMILES string of the molecule is CNCCNCCOCCNC(C)=O. The van der Waals surface area contributed by atoms with Crippen LogP contribution in [0, 0.1) is 0 Å². The molecule has 0 aliphatic heterocycles. The fourth-order valence-electron chi connectivity index (χ4n) is 0.884. The first-order valence-corrected chi connectivity index (χ1v) is 4.95. The van der Waals surface area contributed by atoms with Crippen molar-refractivity contribution in [3.05, 3.63) is 0 Å². The lowest BCUT2D eigenvalue weighted by molar-refractivity contribution is -0.119. The maximum atomic E-state index is 10.5. The molecule has 0 fully saturated rings. The maximum Gasteiger partial charge on any atom is 0.216 e. The monoisotopic (exact) mass is 203 g/mol. The Kier molecular flexibility index (Phi) is 9.95. The fourth-order valence-corrected chi connectivity index (χ4v) is 0.884. The average Bonchev–Trinajstić information content (AvgIpc) is 2.15. The van der Waals surface area contributed by atoms with Crippen LogP contribution in [0.2, 0.25) is 0 Å². The molecule has 0 aromatic carbocycles. The number of nitrogens with one attached hydrogen (secondary N) is 3. The Morgan fingerprint density at radius 1 is 1.14 bits per heavy atom. The van der Waals surface area contributed by atoms with Crippen LogP contribution in [0.4, 0.5) is 0 Å². The van der Waals surface area contributed by atoms with Gasteiger partial charge in [0.1, 0.15) is 0 Å². The van der Waals surface area contributed by atoms with Crippen molar-refractivity contribution in [2.45, 2.75) is 6.92 Å². The second kappa shape index (κ2) is 10.4. The van der Waals surface area contributed by atoms with Crippen LogP contribution in [-0.2, 0) is 9.53 Å². The molecule has 5 heteroatoms. The number of hydrogen-bond acceptors (Lipinski definition) is 4. The summed E-state index contributed by atoms with van der Waals surface area (Å²) in [6.07, 6.45) is 0. The number of carbonyl (C=O) groups is 1. The molecule has 0 aromatic heterocycles. The molecule has 0 spiro atoms. The van der Waals surface area contributed by atoms with E-state index in [1.807, 2.05) is 7.05 Å². The number of hydrogen-bond donors (Lipinski definition) is 3. The van der Waals surface area contributed by atoms with Gasteiger partial charge in [0.25, 0.3) is 0 Å². The summed E-state index contributed by atoms with van der Waals surface area (Å²) in [6.45, 7) is 6.11. The van der Waals surface area contributed by atoms with Gasteiger partial charge in [0.05, 0.1) is 13.2 Å². The van der Waals surface area contributed by atoms with Crippen LogP contribution in [0.5, 0.6) is 0 Å². The molecule has 5 nitrogen and oxygen atoms in total. The molecule has 14 heavy (non-hydrogen) atoms. The van der Waals surface area contributed by atoms with Crippen molar-refractivity contribution < 1.29 is 9.53 Å². The van der Waals surface area contributed by atoms with Crippen molar-refractivity contribution in [1.82, 2.24) is 16.0 Å². The zero-order valence-electron chi connectivity index (χ0n) is 9.06. The van der Waals surface area contributed by atoms with Crippen LogP contribution in [0.1, 0.15) is 6.92 Å². The highest BCUT2D eigenvalue weighted by Gasteiger charge is 1.90. The second-order valence-corrected chi connectivity index (χ2v) is 2.95. The van der Waals surface area contributed by atoms with Crippen LogP contribution in [-0.4, -0.2) is 52.3 Å². The molecule has 0 unspecified atom stereocenters. The fraction of sp³-hybridized carbons (Fsp3) is 0.889. The first-order chi connectivity index (χ1) is 6.77. The molecule has 0 atom stereocenters. The van der Waals surface area contributed by atoms with E-state index in [1.54, 1.807) is 0 Å². The summed E-state index contributed by atoms with van der Waals surface area (Å²) in [7, 11) is 1.92. The molecule has 0 saturated heterocycles. The van der Waals surface area contributed by atoms with Gasteiger partial charge in [-0.25, -0.2) is 0 Å². The summed E-state index contributed by atoms with van der Waals surface area (Å²) in [6, 6.07) is 0. The van der Waals surface area contributed by atoms with Gasteiger partial charge in [-0.05, 0) is 7.05 Å². The average molecular weight is 203 g/mol. The third-order valence-electron chi connectivity index (χ3n) is 1.60. The Balaban J connectivity index is 2.88. The lowest BCUT2D eigenvalue weighted by Crippen LogP contribution is -2.29. The molecule has 0 aromatic rings. The molecular formula is C9H21N3O2. The number of carbonyl (C=O) groups excluding carboxylic acids is 1. The van der Waals surface area contributed by atoms with Gasteiger partial charge in [0, 0.05) is 33.1 Å². The molecular weight excluding hydrogens is 182 g/mol. The van der Waals surface area contributed by atoms with Crippen LogP contribution >= 0.6 is 0 Å². The lowest BCUT2D eigenvalue weighted by atomic mass is 10.5. The first kappa shape index (κ1) is 13.4. The highest BCUT2D eigenvalue weighted by atomic mass is 16.5. The van der Waals surface area contributed by atoms with Gasteiger partial charge >= 0.3 is 0 Å². The minimum absolute atomic E-state index is 0.0132. The summed E-state index contributed by atoms with van der Waals surface area (Å²) in [4.78, 5) is 10.5. The normalized spacial score (nSPS) is 10.1. The maximum absolute atomic E-state index is 10.5. The van der Waals surface area contributed by atoms with E-state index < -0.39 is 0 Å². The van der Waals surface area contributed by atoms with Crippen molar-refractivity contribution in [2.24, 2.45) is 0 Å². The van der Waals surface area contributed by atoms with Crippen LogP contribution in [0.3, 0.4) is 0 Å². The lowest BCUT2D eigenvalue weighted by Gasteiger charge is -2.06. The third-order valence-corrected chi connectivity index (χ3v) is 1.60. The van der Waals surface area contributed by atoms with E-state index in [2.05, 4.69) is 16.0 Å². The molecule has 0 radical (unpaired) electrons. The molecule has 1 amide bonds. The molecule has 0 saturated carbocycles. The zero-order valence-corrected chi connectivity index (χ0v) is 9.06. The summed E-state index contributed by atoms with van der Waals surface area (Å²) < 4.78 is 5.27. The highest BCUT2D eigenvalue weighted by molar-refractivity contribution is 5.72. The van der Waals surface area contributed by atoms with E-state index in [9.17, 15) is 4.79 Å². The Morgan fingerprint density at radius 3 is 2.50 bits per heavy atom. The van der Waals surface area contributed by atoms with Crippen molar-refractivity contribution in [2.75, 3.05) is 46.4 Å². The quantitative estimate of drug-likeness (QED) is 0.418. The second-order valence-electron chi connectivity index (χ2n) is 2.95. The van der Waals surface area contributed by atoms with Crippen LogP contribution < -0.4 is 16.0 Å². The number of amides is 1. The summed E-state index contributed by atoms with van der Waals surface area (Å²) in [5, 5.41) is 8.91. The Hall–Kier alpha value is -0.650. The molecule has 3 N–H and O–H groups in total. The van der Waals surface area contributed by atoms with Gasteiger partial charge in [-0.2, -0.15) is 0 Å². The van der Waals surface area contributed by atoms with Gasteiger partial charge in [-0.15, -0.1) is 0 Å². The largest absolute Gasteiger partial charge is 0.378 e. The molecule has 0 heterocycles. The van der Waals surface area contributed by atoms with Crippen molar-refractivity contribution in [3.8, 4) is 0 Å². The molecule has 0 aliphatic carbocycles. The van der Waals surface area contributed by atoms with Crippen LogP contribution in [0.15, 0.2) is 0 Å². The van der Waals surface area contributed by atoms with Crippen molar-refractivity contribution in [1.29, 1.82) is 0 Å². The summed E-state index contributed by atoms with van der Waals surface area (Å²) >= 11 is 0. The molecule has 0 rings (SSSR count). The van der Waals surface area contributed by atoms with E-state index in [1.165, 1.54) is 6.92 Å². The van der Waals surface area contributed by atoms with Gasteiger partial charge < -0.3 is 20.7 Å². The van der Waals surface area contributed by atoms with Crippen LogP contribution in [0.25, 0.3) is 0 Å². The van der Waals surface area contributed by atoms with E-state index >= 15 is 0 Å². The van der Waals surface area contributed by atoms with E-state index in [0.29, 0.717) is 19.8 Å². The molecule has 0 aliphatic rings. The smallest absolute Gasteiger partial charge is 0.216 e. The minimum atomic E-state index is -0.0132. The topological polar surface area (TPSA) is 62.4 Å². The Bertz CT molecular complexity index is 142. The van der Waals surface area contributed by atoms with Crippen molar-refractivity contribution >= 4 is 5.91 Å². The van der Waals surface area contributed by atoms with E-state index in [4.69, 9.17) is 4.74 Å². The Morgan fingerprint density at radius 2 is 1.86 bits per heavy atom. The first-order valence-electron chi connectivity index (χ1n) is 4.95. The standard InChI is InChI=1S/C9H21N3O2/c1-9(13)12-6-8-14-7-5-11-4-3-10-2/h10-11H,3-8H2,1-2H3,(H,12,13). The predicted octanol–water partition coefficient (Wildman–Crippen LogP) is -1.05. The summed E-state index contributed by atoms with van der Waals surface area (Å²) in [5.41, 5.74) is 0. The highest BCUT2D eigenvalue weighted by Crippen LogP contribution is 1.72. The number of likely N-dealkylation sites (N-methyl/N-ethyl adjacent to an activating group) is 1. The predicted molar refractivity (Wildman–Crippen MR) is 56.3 cm³/mol. The molecule has 0 bridgehead atoms. The van der Waals surface area contributed by atoms with E-state index in [-0.39, 0.29) is 5.91 Å². The zero-order chi connectivity index (χ0) is 10.6. The molecule has 84 valence electrons. The third kappa shape index (κ3) is 11.4. The van der Waals surface area contributed by atoms with Gasteiger partial charge in [0.2, 0.25) is 5.91 Å². The van der Waals surface area contributed by atoms with Crippen molar-refractivity contribution in [3.63, 3.8) is 0 Å². The number of ether oxygens (including phenoxy) is 1. The van der Waals surface area contributed by atoms with Gasteiger partial charge in [-0.3, -0.25) is 4.79 Å². The van der Waals surface area contributed by atoms with E-state index in [0.717, 1.165) is 19.6 Å².